The van der Waals surface area contributed by atoms with Crippen LogP contribution in [0.5, 0.6) is 0 Å². The summed E-state index contributed by atoms with van der Waals surface area (Å²) in [5.41, 5.74) is 1.76. The van der Waals surface area contributed by atoms with Gasteiger partial charge < -0.3 is 10.0 Å². The molecule has 0 fully saturated rings. The summed E-state index contributed by atoms with van der Waals surface area (Å²) in [7, 11) is -1.55. The van der Waals surface area contributed by atoms with Crippen LogP contribution in [0.15, 0.2) is 54.6 Å². The van der Waals surface area contributed by atoms with Crippen LogP contribution in [0.2, 0.25) is 0 Å². The molecule has 20 heavy (non-hydrogen) atoms. The van der Waals surface area contributed by atoms with E-state index in [1.165, 1.54) is 16.4 Å². The van der Waals surface area contributed by atoms with E-state index in [1.54, 1.807) is 12.1 Å². The van der Waals surface area contributed by atoms with Gasteiger partial charge in [0.25, 0.3) is 11.3 Å². The van der Waals surface area contributed by atoms with Gasteiger partial charge in [0.05, 0.1) is 12.2 Å². The van der Waals surface area contributed by atoms with E-state index < -0.39 is 18.4 Å². The lowest BCUT2D eigenvalue weighted by atomic mass is 9.80. The molecule has 2 aromatic rings. The second-order valence-electron chi connectivity index (χ2n) is 4.22. The molecule has 0 amide bonds. The normalized spacial score (nSPS) is 11.9. The van der Waals surface area contributed by atoms with Gasteiger partial charge in [0.15, 0.2) is 0 Å². The van der Waals surface area contributed by atoms with Crippen LogP contribution in [0.3, 0.4) is 0 Å². The first kappa shape index (κ1) is 14.7. The number of hydrogen-bond acceptors (Lipinski definition) is 3. The Morgan fingerprint density at radius 1 is 1.00 bits per heavy atom. The minimum absolute atomic E-state index is 0.283. The van der Waals surface area contributed by atoms with E-state index in [4.69, 9.17) is 10.0 Å². The largest absolute Gasteiger partial charge is 0.488 e. The van der Waals surface area contributed by atoms with E-state index in [2.05, 4.69) is 0 Å². The highest BCUT2D eigenvalue weighted by atomic mass is 32.2. The monoisotopic (exact) mass is 291 g/mol. The summed E-state index contributed by atoms with van der Waals surface area (Å²) in [4.78, 5) is 0. The molecule has 104 valence electrons. The van der Waals surface area contributed by atoms with Crippen molar-refractivity contribution in [2.75, 3.05) is 4.31 Å². The van der Waals surface area contributed by atoms with E-state index in [1.807, 2.05) is 30.3 Å². The van der Waals surface area contributed by atoms with Crippen LogP contribution < -0.4 is 9.77 Å². The lowest BCUT2D eigenvalue weighted by molar-refractivity contribution is 0.426. The Morgan fingerprint density at radius 2 is 1.60 bits per heavy atom. The molecule has 0 aromatic heterocycles. The van der Waals surface area contributed by atoms with Crippen LogP contribution in [-0.4, -0.2) is 25.9 Å². The van der Waals surface area contributed by atoms with Gasteiger partial charge in [-0.3, -0.25) is 8.86 Å². The van der Waals surface area contributed by atoms with Crippen molar-refractivity contribution in [3.8, 4) is 0 Å². The average Bonchev–Trinajstić information content (AvgIpc) is 2.45. The molecule has 0 aliphatic rings. The van der Waals surface area contributed by atoms with Gasteiger partial charge >= 0.3 is 7.12 Å². The Morgan fingerprint density at radius 3 is 2.10 bits per heavy atom. The van der Waals surface area contributed by atoms with Gasteiger partial charge in [0.2, 0.25) is 0 Å². The molecule has 0 heterocycles. The standard InChI is InChI=1S/C13H14BNO4S/c16-14(17)12-6-8-13(9-7-12)15(20(18)19)10-11-4-2-1-3-5-11/h1-9,16-17H,10H2,(H,18,19). The van der Waals surface area contributed by atoms with Crippen molar-refractivity contribution >= 4 is 29.5 Å². The quantitative estimate of drug-likeness (QED) is 0.554. The molecule has 1 unspecified atom stereocenters. The molecular formula is C13H14BNO4S. The van der Waals surface area contributed by atoms with E-state index in [0.29, 0.717) is 11.2 Å². The molecule has 0 aliphatic carbocycles. The van der Waals surface area contributed by atoms with Gasteiger partial charge in [-0.05, 0) is 23.2 Å². The fourth-order valence-corrected chi connectivity index (χ4v) is 2.36. The minimum Gasteiger partial charge on any atom is -0.423 e. The van der Waals surface area contributed by atoms with Gasteiger partial charge in [-0.15, -0.1) is 0 Å². The summed E-state index contributed by atoms with van der Waals surface area (Å²) < 4.78 is 22.2. The molecule has 5 nitrogen and oxygen atoms in total. The van der Waals surface area contributed by atoms with Crippen molar-refractivity contribution in [3.05, 3.63) is 60.2 Å². The Balaban J connectivity index is 2.22. The predicted octanol–water partition coefficient (Wildman–Crippen LogP) is 0.510. The number of rotatable bonds is 5. The SMILES string of the molecule is O=S(O)N(Cc1ccccc1)c1ccc(B(O)O)cc1. The van der Waals surface area contributed by atoms with Crippen LogP contribution in [0.1, 0.15) is 5.56 Å². The summed E-state index contributed by atoms with van der Waals surface area (Å²) in [6, 6.07) is 15.5. The number of nitrogens with zero attached hydrogens (tertiary/aromatic N) is 1. The molecule has 1 atom stereocenters. The maximum Gasteiger partial charge on any atom is 0.488 e. The Kier molecular flexibility index (Phi) is 4.91. The maximum absolute atomic E-state index is 11.5. The van der Waals surface area contributed by atoms with Crippen LogP contribution in [-0.2, 0) is 17.8 Å². The molecule has 0 aliphatic heterocycles. The smallest absolute Gasteiger partial charge is 0.423 e. The zero-order valence-electron chi connectivity index (χ0n) is 10.6. The van der Waals surface area contributed by atoms with E-state index in [-0.39, 0.29) is 6.54 Å². The Labute approximate surface area is 120 Å². The maximum atomic E-state index is 11.5. The topological polar surface area (TPSA) is 81.0 Å². The summed E-state index contributed by atoms with van der Waals surface area (Å²) in [6.45, 7) is 0.283. The third kappa shape index (κ3) is 3.67. The van der Waals surface area contributed by atoms with Gasteiger partial charge in [0.1, 0.15) is 0 Å². The van der Waals surface area contributed by atoms with Crippen molar-refractivity contribution in [2.24, 2.45) is 0 Å². The number of anilines is 1. The molecule has 7 heteroatoms. The zero-order valence-corrected chi connectivity index (χ0v) is 11.4. The molecule has 3 N–H and O–H groups in total. The molecule has 2 aromatic carbocycles. The summed E-state index contributed by atoms with van der Waals surface area (Å²) in [5, 5.41) is 18.1. The number of benzene rings is 2. The van der Waals surface area contributed by atoms with Gasteiger partial charge in [-0.2, -0.15) is 0 Å². The first-order valence-electron chi connectivity index (χ1n) is 5.96. The highest BCUT2D eigenvalue weighted by Gasteiger charge is 2.15. The van der Waals surface area contributed by atoms with Crippen molar-refractivity contribution in [2.45, 2.75) is 6.54 Å². The van der Waals surface area contributed by atoms with Crippen LogP contribution in [0.4, 0.5) is 5.69 Å². The first-order valence-corrected chi connectivity index (χ1v) is 7.03. The van der Waals surface area contributed by atoms with Crippen molar-refractivity contribution in [3.63, 3.8) is 0 Å². The molecular weight excluding hydrogens is 277 g/mol. The number of hydrogen-bond donors (Lipinski definition) is 3. The molecule has 0 saturated heterocycles. The van der Waals surface area contributed by atoms with Crippen molar-refractivity contribution in [1.82, 2.24) is 0 Å². The van der Waals surface area contributed by atoms with Crippen LogP contribution in [0, 0.1) is 0 Å². The summed E-state index contributed by atoms with van der Waals surface area (Å²) in [5.74, 6) is 0. The predicted molar refractivity (Wildman–Crippen MR) is 79.7 cm³/mol. The van der Waals surface area contributed by atoms with Crippen LogP contribution in [0.25, 0.3) is 0 Å². The van der Waals surface area contributed by atoms with Crippen molar-refractivity contribution in [1.29, 1.82) is 0 Å². The lowest BCUT2D eigenvalue weighted by Gasteiger charge is -2.20. The van der Waals surface area contributed by atoms with E-state index in [0.717, 1.165) is 5.56 Å². The highest BCUT2D eigenvalue weighted by molar-refractivity contribution is 7.80. The third-order valence-corrected chi connectivity index (χ3v) is 3.55. The van der Waals surface area contributed by atoms with Crippen LogP contribution >= 0.6 is 0 Å². The van der Waals surface area contributed by atoms with E-state index >= 15 is 0 Å². The Hall–Kier alpha value is -1.67. The second kappa shape index (κ2) is 6.67. The lowest BCUT2D eigenvalue weighted by Crippen LogP contribution is -2.30. The average molecular weight is 291 g/mol. The molecule has 0 radical (unpaired) electrons. The molecule has 0 bridgehead atoms. The van der Waals surface area contributed by atoms with Gasteiger partial charge in [-0.25, -0.2) is 4.21 Å². The summed E-state index contributed by atoms with van der Waals surface area (Å²) >= 11 is -2.16. The fourth-order valence-electron chi connectivity index (χ4n) is 1.80. The third-order valence-electron chi connectivity index (χ3n) is 2.84. The van der Waals surface area contributed by atoms with Crippen molar-refractivity contribution < 1.29 is 18.8 Å². The second-order valence-corrected chi connectivity index (χ2v) is 5.12. The van der Waals surface area contributed by atoms with Gasteiger partial charge in [-0.1, -0.05) is 42.5 Å². The fraction of sp³-hybridized carbons (Fsp3) is 0.0769. The first-order chi connectivity index (χ1) is 9.58. The molecule has 0 spiro atoms. The molecule has 2 rings (SSSR count). The van der Waals surface area contributed by atoms with E-state index in [9.17, 15) is 8.76 Å². The summed E-state index contributed by atoms with van der Waals surface area (Å²) in [6.07, 6.45) is 0. The van der Waals surface area contributed by atoms with Gasteiger partial charge in [0, 0.05) is 0 Å². The molecule has 0 saturated carbocycles. The zero-order chi connectivity index (χ0) is 14.5. The highest BCUT2D eigenvalue weighted by Crippen LogP contribution is 2.17. The minimum atomic E-state index is -2.16. The Bertz CT molecular complexity index is 577.